The van der Waals surface area contributed by atoms with E-state index < -0.39 is 0 Å². The van der Waals surface area contributed by atoms with Crippen LogP contribution in [0.25, 0.3) is 16.7 Å². The fourth-order valence-electron chi connectivity index (χ4n) is 3.01. The summed E-state index contributed by atoms with van der Waals surface area (Å²) in [6.45, 7) is 5.93. The summed E-state index contributed by atoms with van der Waals surface area (Å²) in [7, 11) is 1.64. The Hall–Kier alpha value is -3.00. The Labute approximate surface area is 134 Å². The number of anilines is 1. The zero-order valence-electron chi connectivity index (χ0n) is 13.6. The van der Waals surface area contributed by atoms with Crippen LogP contribution in [0.4, 0.5) is 5.82 Å². The van der Waals surface area contributed by atoms with Crippen LogP contribution < -0.4 is 10.5 Å². The molecule has 5 heteroatoms. The maximum absolute atomic E-state index is 9.51. The molecule has 2 aromatic heterocycles. The van der Waals surface area contributed by atoms with E-state index in [4.69, 9.17) is 10.5 Å². The van der Waals surface area contributed by atoms with Crippen molar-refractivity contribution in [3.05, 3.63) is 46.6 Å². The molecule has 0 aliphatic rings. The number of hydrogen-bond acceptors (Lipinski definition) is 4. The lowest BCUT2D eigenvalue weighted by atomic mass is 10.1. The molecule has 0 amide bonds. The van der Waals surface area contributed by atoms with Gasteiger partial charge in [0, 0.05) is 17.1 Å². The van der Waals surface area contributed by atoms with Gasteiger partial charge >= 0.3 is 0 Å². The number of benzene rings is 1. The van der Waals surface area contributed by atoms with Crippen molar-refractivity contribution < 1.29 is 4.74 Å². The monoisotopic (exact) mass is 306 g/mol. The Kier molecular flexibility index (Phi) is 3.45. The van der Waals surface area contributed by atoms with Gasteiger partial charge in [0.05, 0.1) is 12.8 Å². The van der Waals surface area contributed by atoms with Crippen molar-refractivity contribution in [2.24, 2.45) is 0 Å². The lowest BCUT2D eigenvalue weighted by molar-refractivity contribution is 0.411. The zero-order chi connectivity index (χ0) is 16.7. The minimum absolute atomic E-state index is 0.403. The first kappa shape index (κ1) is 14.9. The predicted octanol–water partition coefficient (Wildman–Crippen LogP) is 3.41. The summed E-state index contributed by atoms with van der Waals surface area (Å²) >= 11 is 0. The van der Waals surface area contributed by atoms with E-state index in [-0.39, 0.29) is 0 Å². The third-order valence-electron chi connectivity index (χ3n) is 4.12. The largest absolute Gasteiger partial charge is 0.496 e. The summed E-state index contributed by atoms with van der Waals surface area (Å²) in [6.07, 6.45) is 1.78. The summed E-state index contributed by atoms with van der Waals surface area (Å²) in [6, 6.07) is 8.06. The standard InChI is InChI=1S/C18H18N4O/c1-10-7-13-14(8-19)17(20)22(18(13)21-9-10)16-11(2)5-6-15(23-4)12(16)3/h5-7,9H,20H2,1-4H3. The molecule has 0 radical (unpaired) electrons. The fraction of sp³-hybridized carbons (Fsp3) is 0.222. The SMILES string of the molecule is COc1ccc(C)c(-n2c(N)c(C#N)c3cc(C)cnc32)c1C. The number of nitrogens with zero attached hydrogens (tertiary/aromatic N) is 3. The summed E-state index contributed by atoms with van der Waals surface area (Å²) < 4.78 is 7.27. The Morgan fingerprint density at radius 3 is 2.65 bits per heavy atom. The molecule has 116 valence electrons. The topological polar surface area (TPSA) is 76.9 Å². The second-order valence-electron chi connectivity index (χ2n) is 5.65. The van der Waals surface area contributed by atoms with Crippen LogP contribution in [-0.4, -0.2) is 16.7 Å². The van der Waals surface area contributed by atoms with E-state index in [0.29, 0.717) is 17.0 Å². The highest BCUT2D eigenvalue weighted by Crippen LogP contribution is 2.35. The smallest absolute Gasteiger partial charge is 0.147 e. The molecule has 23 heavy (non-hydrogen) atoms. The van der Waals surface area contributed by atoms with Crippen molar-refractivity contribution in [1.29, 1.82) is 5.26 Å². The van der Waals surface area contributed by atoms with E-state index in [2.05, 4.69) is 11.1 Å². The molecule has 0 unspecified atom stereocenters. The molecule has 2 heterocycles. The molecule has 0 bridgehead atoms. The number of ether oxygens (including phenoxy) is 1. The molecule has 5 nitrogen and oxygen atoms in total. The van der Waals surface area contributed by atoms with Gasteiger partial charge in [-0.15, -0.1) is 0 Å². The van der Waals surface area contributed by atoms with E-state index in [9.17, 15) is 5.26 Å². The molecule has 3 rings (SSSR count). The number of aromatic nitrogens is 2. The second kappa shape index (κ2) is 5.33. The molecule has 1 aromatic carbocycles. The van der Waals surface area contributed by atoms with Gasteiger partial charge in [0.15, 0.2) is 0 Å². The molecule has 0 aliphatic carbocycles. The van der Waals surface area contributed by atoms with Gasteiger partial charge < -0.3 is 10.5 Å². The second-order valence-corrected chi connectivity index (χ2v) is 5.65. The molecule has 0 fully saturated rings. The summed E-state index contributed by atoms with van der Waals surface area (Å²) in [4.78, 5) is 4.52. The average Bonchev–Trinajstić information content (AvgIpc) is 2.79. The van der Waals surface area contributed by atoms with Gasteiger partial charge in [-0.1, -0.05) is 6.07 Å². The number of pyridine rings is 1. The quantitative estimate of drug-likeness (QED) is 0.787. The normalized spacial score (nSPS) is 10.7. The van der Waals surface area contributed by atoms with Crippen molar-refractivity contribution in [1.82, 2.24) is 9.55 Å². The van der Waals surface area contributed by atoms with E-state index in [1.165, 1.54) is 0 Å². The number of nitrogens with two attached hydrogens (primary N) is 1. The minimum atomic E-state index is 0.403. The van der Waals surface area contributed by atoms with E-state index in [1.54, 1.807) is 13.3 Å². The third kappa shape index (κ3) is 2.11. The molecule has 0 saturated carbocycles. The van der Waals surface area contributed by atoms with Gasteiger partial charge in [0.25, 0.3) is 0 Å². The number of fused-ring (bicyclic) bond motifs is 1. The van der Waals surface area contributed by atoms with Crippen molar-refractivity contribution in [2.75, 3.05) is 12.8 Å². The number of hydrogen-bond donors (Lipinski definition) is 1. The van der Waals surface area contributed by atoms with Crippen LogP contribution in [0.5, 0.6) is 5.75 Å². The predicted molar refractivity (Wildman–Crippen MR) is 91.0 cm³/mol. The van der Waals surface area contributed by atoms with Crippen molar-refractivity contribution >= 4 is 16.9 Å². The molecule has 0 aliphatic heterocycles. The molecule has 3 aromatic rings. The van der Waals surface area contributed by atoms with Crippen LogP contribution in [0.15, 0.2) is 24.4 Å². The zero-order valence-corrected chi connectivity index (χ0v) is 13.6. The number of methoxy groups -OCH3 is 1. The van der Waals surface area contributed by atoms with Crippen LogP contribution in [0, 0.1) is 32.1 Å². The molecule has 0 spiro atoms. The van der Waals surface area contributed by atoms with Crippen molar-refractivity contribution in [2.45, 2.75) is 20.8 Å². The maximum atomic E-state index is 9.51. The fourth-order valence-corrected chi connectivity index (χ4v) is 3.01. The first-order chi connectivity index (χ1) is 11.0. The van der Waals surface area contributed by atoms with Crippen LogP contribution in [0.2, 0.25) is 0 Å². The number of nitrogen functional groups attached to an aromatic ring is 1. The van der Waals surface area contributed by atoms with Crippen molar-refractivity contribution in [3.8, 4) is 17.5 Å². The molecule has 2 N–H and O–H groups in total. The number of nitriles is 1. The minimum Gasteiger partial charge on any atom is -0.496 e. The summed E-state index contributed by atoms with van der Waals surface area (Å²) in [5.41, 5.74) is 11.3. The van der Waals surface area contributed by atoms with Crippen molar-refractivity contribution in [3.63, 3.8) is 0 Å². The highest BCUT2D eigenvalue weighted by atomic mass is 16.5. The van der Waals surface area contributed by atoms with E-state index in [1.807, 2.05) is 43.5 Å². The van der Waals surface area contributed by atoms with Gasteiger partial charge in [-0.2, -0.15) is 5.26 Å². The van der Waals surface area contributed by atoms with Crippen LogP contribution in [0.1, 0.15) is 22.3 Å². The Morgan fingerprint density at radius 2 is 2.00 bits per heavy atom. The summed E-state index contributed by atoms with van der Waals surface area (Å²) in [5.74, 6) is 1.18. The Bertz CT molecular complexity index is 964. The van der Waals surface area contributed by atoms with Gasteiger partial charge in [-0.25, -0.2) is 4.98 Å². The molecule has 0 atom stereocenters. The first-order valence-electron chi connectivity index (χ1n) is 7.30. The average molecular weight is 306 g/mol. The lowest BCUT2D eigenvalue weighted by Crippen LogP contribution is -2.06. The first-order valence-corrected chi connectivity index (χ1v) is 7.30. The Balaban J connectivity index is 2.48. The van der Waals surface area contributed by atoms with Gasteiger partial charge in [0.1, 0.15) is 28.8 Å². The maximum Gasteiger partial charge on any atom is 0.147 e. The molecule has 0 saturated heterocycles. The summed E-state index contributed by atoms with van der Waals surface area (Å²) in [5, 5.41) is 10.3. The van der Waals surface area contributed by atoms with Gasteiger partial charge in [0.2, 0.25) is 0 Å². The van der Waals surface area contributed by atoms with Crippen LogP contribution >= 0.6 is 0 Å². The van der Waals surface area contributed by atoms with Gasteiger partial charge in [-0.3, -0.25) is 4.57 Å². The third-order valence-corrected chi connectivity index (χ3v) is 4.12. The van der Waals surface area contributed by atoms with E-state index in [0.717, 1.165) is 33.5 Å². The highest BCUT2D eigenvalue weighted by molar-refractivity contribution is 5.92. The molecular formula is C18H18N4O. The van der Waals surface area contributed by atoms with E-state index >= 15 is 0 Å². The lowest BCUT2D eigenvalue weighted by Gasteiger charge is -2.16. The Morgan fingerprint density at radius 1 is 1.26 bits per heavy atom. The number of rotatable bonds is 2. The highest BCUT2D eigenvalue weighted by Gasteiger charge is 2.21. The van der Waals surface area contributed by atoms with Gasteiger partial charge in [-0.05, 0) is 44.0 Å². The molecular weight excluding hydrogens is 288 g/mol. The van der Waals surface area contributed by atoms with Crippen LogP contribution in [-0.2, 0) is 0 Å². The van der Waals surface area contributed by atoms with Crippen LogP contribution in [0.3, 0.4) is 0 Å². The number of aryl methyl sites for hydroxylation is 2.